The third-order valence-electron chi connectivity index (χ3n) is 4.51. The second-order valence-corrected chi connectivity index (χ2v) is 8.54. The summed E-state index contributed by atoms with van der Waals surface area (Å²) in [6.45, 7) is 5.73. The maximum atomic E-state index is 12.3. The predicted octanol–water partition coefficient (Wildman–Crippen LogP) is 2.95. The normalized spacial score (nSPS) is 22.8. The minimum Gasteiger partial charge on any atom is -0.385 e. The molecule has 2 saturated heterocycles. The van der Waals surface area contributed by atoms with Crippen LogP contribution in [0.1, 0.15) is 31.1 Å². The number of fused-ring (bicyclic) bond motifs is 1. The molecule has 1 unspecified atom stereocenters. The van der Waals surface area contributed by atoms with Gasteiger partial charge in [-0.05, 0) is 54.4 Å². The molecule has 3 heterocycles. The summed E-state index contributed by atoms with van der Waals surface area (Å²) in [6, 6.07) is 4.50. The lowest BCUT2D eigenvalue weighted by molar-refractivity contribution is -0.139. The standard InChI is InChI=1S/C16H22BrN3O2S/c1-12(14-5-6-15(17)23-14)18-22-11-16(21)20-9-8-19-7-3-2-4-13(19)10-20/h5-6,13H,2-4,7-11H2,1H3. The van der Waals surface area contributed by atoms with Crippen LogP contribution < -0.4 is 0 Å². The van der Waals surface area contributed by atoms with Gasteiger partial charge in [0.1, 0.15) is 0 Å². The molecule has 0 N–H and O–H groups in total. The number of carbonyl (C=O) groups is 1. The van der Waals surface area contributed by atoms with Crippen LogP contribution in [-0.4, -0.2) is 60.2 Å². The molecule has 0 saturated carbocycles. The maximum Gasteiger partial charge on any atom is 0.263 e. The third kappa shape index (κ3) is 4.33. The van der Waals surface area contributed by atoms with E-state index < -0.39 is 0 Å². The fraction of sp³-hybridized carbons (Fsp3) is 0.625. The minimum atomic E-state index is 0.0244. The summed E-state index contributed by atoms with van der Waals surface area (Å²) >= 11 is 5.03. The van der Waals surface area contributed by atoms with Gasteiger partial charge in [-0.1, -0.05) is 11.6 Å². The van der Waals surface area contributed by atoms with E-state index >= 15 is 0 Å². The zero-order valence-corrected chi connectivity index (χ0v) is 15.7. The Morgan fingerprint density at radius 1 is 1.39 bits per heavy atom. The van der Waals surface area contributed by atoms with Gasteiger partial charge in [0.05, 0.1) is 14.4 Å². The number of piperazine rings is 1. The Morgan fingerprint density at radius 3 is 3.04 bits per heavy atom. The van der Waals surface area contributed by atoms with E-state index in [0.717, 1.165) is 34.0 Å². The molecule has 2 fully saturated rings. The van der Waals surface area contributed by atoms with Crippen molar-refractivity contribution >= 4 is 38.9 Å². The molecule has 7 heteroatoms. The van der Waals surface area contributed by atoms with Crippen molar-refractivity contribution in [2.75, 3.05) is 32.8 Å². The SMILES string of the molecule is CC(=NOCC(=O)N1CCN2CCCCC2C1)c1ccc(Br)s1. The maximum absolute atomic E-state index is 12.3. The van der Waals surface area contributed by atoms with Gasteiger partial charge in [-0.15, -0.1) is 11.3 Å². The minimum absolute atomic E-state index is 0.0244. The molecule has 1 aromatic rings. The highest BCUT2D eigenvalue weighted by Crippen LogP contribution is 2.23. The molecule has 1 atom stereocenters. The van der Waals surface area contributed by atoms with Crippen molar-refractivity contribution in [1.82, 2.24) is 9.80 Å². The highest BCUT2D eigenvalue weighted by molar-refractivity contribution is 9.11. The Kier molecular flexibility index (Phi) is 5.71. The van der Waals surface area contributed by atoms with Gasteiger partial charge >= 0.3 is 0 Å². The number of thiophene rings is 1. The Bertz CT molecular complexity index is 590. The molecule has 3 rings (SSSR count). The van der Waals surface area contributed by atoms with Gasteiger partial charge in [-0.2, -0.15) is 0 Å². The van der Waals surface area contributed by atoms with Crippen molar-refractivity contribution in [3.63, 3.8) is 0 Å². The Labute approximate surface area is 149 Å². The Hall–Kier alpha value is -0.920. The zero-order valence-electron chi connectivity index (χ0n) is 13.3. The quantitative estimate of drug-likeness (QED) is 0.577. The third-order valence-corrected chi connectivity index (χ3v) is 6.24. The second kappa shape index (κ2) is 7.77. The summed E-state index contributed by atoms with van der Waals surface area (Å²) in [5.41, 5.74) is 0.797. The van der Waals surface area contributed by atoms with Crippen LogP contribution in [0, 0.1) is 0 Å². The van der Waals surface area contributed by atoms with E-state index in [1.165, 1.54) is 25.8 Å². The predicted molar refractivity (Wildman–Crippen MR) is 96.0 cm³/mol. The van der Waals surface area contributed by atoms with Gasteiger partial charge in [0.25, 0.3) is 5.91 Å². The molecule has 23 heavy (non-hydrogen) atoms. The molecule has 1 aromatic heterocycles. The average Bonchev–Trinajstić information content (AvgIpc) is 3.00. The van der Waals surface area contributed by atoms with E-state index in [1.807, 2.05) is 24.0 Å². The molecule has 1 amide bonds. The molecule has 2 aliphatic rings. The molecular formula is C16H22BrN3O2S. The van der Waals surface area contributed by atoms with Gasteiger partial charge in [0.2, 0.25) is 0 Å². The number of nitrogens with zero attached hydrogens (tertiary/aromatic N) is 3. The first-order valence-electron chi connectivity index (χ1n) is 8.07. The van der Waals surface area contributed by atoms with Gasteiger partial charge in [-0.3, -0.25) is 9.69 Å². The molecule has 0 spiro atoms. The van der Waals surface area contributed by atoms with E-state index in [2.05, 4.69) is 26.0 Å². The summed E-state index contributed by atoms with van der Waals surface area (Å²) in [7, 11) is 0. The van der Waals surface area contributed by atoms with E-state index in [-0.39, 0.29) is 12.5 Å². The first-order chi connectivity index (χ1) is 11.1. The van der Waals surface area contributed by atoms with Crippen LogP contribution in [0.25, 0.3) is 0 Å². The van der Waals surface area contributed by atoms with Gasteiger partial charge in [-0.25, -0.2) is 0 Å². The van der Waals surface area contributed by atoms with Crippen LogP contribution in [0.3, 0.4) is 0 Å². The van der Waals surface area contributed by atoms with Gasteiger partial charge < -0.3 is 9.74 Å². The summed E-state index contributed by atoms with van der Waals surface area (Å²) in [5, 5.41) is 4.07. The summed E-state index contributed by atoms with van der Waals surface area (Å²) in [4.78, 5) is 23.1. The largest absolute Gasteiger partial charge is 0.385 e. The number of oxime groups is 1. The average molecular weight is 400 g/mol. The molecular weight excluding hydrogens is 378 g/mol. The molecule has 0 aromatic carbocycles. The molecule has 0 aliphatic carbocycles. The van der Waals surface area contributed by atoms with Crippen LogP contribution in [0.4, 0.5) is 0 Å². The van der Waals surface area contributed by atoms with E-state index in [0.29, 0.717) is 6.04 Å². The number of piperidine rings is 1. The highest BCUT2D eigenvalue weighted by atomic mass is 79.9. The van der Waals surface area contributed by atoms with Crippen molar-refractivity contribution in [2.45, 2.75) is 32.2 Å². The first kappa shape index (κ1) is 16.9. The summed E-state index contributed by atoms with van der Waals surface area (Å²) < 4.78 is 1.06. The molecule has 126 valence electrons. The van der Waals surface area contributed by atoms with Crippen LogP contribution in [0.5, 0.6) is 0 Å². The second-order valence-electron chi connectivity index (χ2n) is 6.08. The van der Waals surface area contributed by atoms with Crippen LogP contribution in [0.2, 0.25) is 0 Å². The topological polar surface area (TPSA) is 45.1 Å². The first-order valence-corrected chi connectivity index (χ1v) is 9.68. The monoisotopic (exact) mass is 399 g/mol. The highest BCUT2D eigenvalue weighted by Gasteiger charge is 2.30. The summed E-state index contributed by atoms with van der Waals surface area (Å²) in [6.07, 6.45) is 3.77. The molecule has 0 radical (unpaired) electrons. The van der Waals surface area contributed by atoms with Crippen molar-refractivity contribution in [3.05, 3.63) is 20.8 Å². The smallest absolute Gasteiger partial charge is 0.263 e. The Balaban J connectivity index is 1.47. The number of carbonyl (C=O) groups excluding carboxylic acids is 1. The van der Waals surface area contributed by atoms with Crippen molar-refractivity contribution < 1.29 is 9.63 Å². The van der Waals surface area contributed by atoms with E-state index in [1.54, 1.807) is 11.3 Å². The van der Waals surface area contributed by atoms with Crippen molar-refractivity contribution in [1.29, 1.82) is 0 Å². The zero-order chi connectivity index (χ0) is 16.2. The lowest BCUT2D eigenvalue weighted by Crippen LogP contribution is -2.56. The van der Waals surface area contributed by atoms with Crippen molar-refractivity contribution in [2.24, 2.45) is 5.16 Å². The van der Waals surface area contributed by atoms with Gasteiger partial charge in [0, 0.05) is 25.7 Å². The fourth-order valence-electron chi connectivity index (χ4n) is 3.21. The van der Waals surface area contributed by atoms with Crippen molar-refractivity contribution in [3.8, 4) is 0 Å². The van der Waals surface area contributed by atoms with Crippen LogP contribution in [-0.2, 0) is 9.63 Å². The Morgan fingerprint density at radius 2 is 2.26 bits per heavy atom. The van der Waals surface area contributed by atoms with E-state index in [9.17, 15) is 4.79 Å². The molecule has 5 nitrogen and oxygen atoms in total. The summed E-state index contributed by atoms with van der Waals surface area (Å²) in [5.74, 6) is 0.0409. The number of hydrogen-bond acceptors (Lipinski definition) is 5. The molecule has 2 aliphatic heterocycles. The van der Waals surface area contributed by atoms with Crippen LogP contribution >= 0.6 is 27.3 Å². The number of halogens is 1. The fourth-order valence-corrected chi connectivity index (χ4v) is 4.53. The molecule has 0 bridgehead atoms. The lowest BCUT2D eigenvalue weighted by Gasteiger charge is -2.43. The number of hydrogen-bond donors (Lipinski definition) is 0. The van der Waals surface area contributed by atoms with E-state index in [4.69, 9.17) is 4.84 Å². The lowest BCUT2D eigenvalue weighted by atomic mass is 9.99. The number of rotatable bonds is 4. The van der Waals surface area contributed by atoms with Gasteiger partial charge in [0.15, 0.2) is 6.61 Å². The number of amides is 1. The van der Waals surface area contributed by atoms with Crippen LogP contribution in [0.15, 0.2) is 21.1 Å².